The van der Waals surface area contributed by atoms with Gasteiger partial charge < -0.3 is 9.84 Å². The average molecular weight is 317 g/mol. The lowest BCUT2D eigenvalue weighted by atomic mass is 10.0. The topological polar surface area (TPSA) is 29.5 Å². The van der Waals surface area contributed by atoms with Gasteiger partial charge in [-0.1, -0.05) is 35.9 Å². The molecule has 2 rings (SSSR count). The zero-order valence-electron chi connectivity index (χ0n) is 10.8. The van der Waals surface area contributed by atoms with Crippen LogP contribution in [0.5, 0.6) is 5.75 Å². The third-order valence-corrected chi connectivity index (χ3v) is 3.09. The van der Waals surface area contributed by atoms with Gasteiger partial charge in [-0.05, 0) is 35.4 Å². The molecular formula is C15H12ClF3O2. The fraction of sp³-hybridized carbons (Fsp3) is 0.200. The third-order valence-electron chi connectivity index (χ3n) is 2.84. The molecule has 0 aromatic heterocycles. The summed E-state index contributed by atoms with van der Waals surface area (Å²) in [6.07, 6.45) is -5.17. The predicted molar refractivity (Wildman–Crippen MR) is 73.2 cm³/mol. The van der Waals surface area contributed by atoms with Crippen LogP contribution < -0.4 is 4.74 Å². The molecule has 0 amide bonds. The molecular weight excluding hydrogens is 305 g/mol. The SMILES string of the molecule is OC(Cc1ccc(OC(F)(F)F)cc1)c1ccc(Cl)cc1. The summed E-state index contributed by atoms with van der Waals surface area (Å²) < 4.78 is 39.9. The molecule has 21 heavy (non-hydrogen) atoms. The van der Waals surface area contributed by atoms with Crippen LogP contribution in [-0.2, 0) is 6.42 Å². The maximum Gasteiger partial charge on any atom is 0.573 e. The highest BCUT2D eigenvalue weighted by Crippen LogP contribution is 2.25. The molecule has 0 aliphatic carbocycles. The first-order chi connectivity index (χ1) is 9.83. The molecule has 0 heterocycles. The minimum Gasteiger partial charge on any atom is -0.406 e. The van der Waals surface area contributed by atoms with Gasteiger partial charge in [-0.15, -0.1) is 13.2 Å². The standard InChI is InChI=1S/C15H12ClF3O2/c16-12-5-3-11(4-6-12)14(20)9-10-1-7-13(8-2-10)21-15(17,18)19/h1-8,14,20H,9H2. The number of rotatable bonds is 4. The highest BCUT2D eigenvalue weighted by atomic mass is 35.5. The Labute approximate surface area is 124 Å². The molecule has 0 radical (unpaired) electrons. The van der Waals surface area contributed by atoms with Crippen LogP contribution in [-0.4, -0.2) is 11.5 Å². The number of hydrogen-bond donors (Lipinski definition) is 1. The second kappa shape index (κ2) is 6.37. The molecule has 2 aromatic rings. The minimum absolute atomic E-state index is 0.285. The molecule has 0 fully saturated rings. The number of ether oxygens (including phenoxy) is 1. The number of alkyl halides is 3. The van der Waals surface area contributed by atoms with Gasteiger partial charge in [-0.3, -0.25) is 0 Å². The van der Waals surface area contributed by atoms with Crippen molar-refractivity contribution in [3.63, 3.8) is 0 Å². The average Bonchev–Trinajstić information content (AvgIpc) is 2.40. The molecule has 0 aliphatic rings. The van der Waals surface area contributed by atoms with Gasteiger partial charge in [0.1, 0.15) is 5.75 Å². The smallest absolute Gasteiger partial charge is 0.406 e. The Morgan fingerprint density at radius 2 is 1.57 bits per heavy atom. The highest BCUT2D eigenvalue weighted by Gasteiger charge is 2.30. The van der Waals surface area contributed by atoms with Gasteiger partial charge in [0.05, 0.1) is 6.10 Å². The van der Waals surface area contributed by atoms with E-state index in [9.17, 15) is 18.3 Å². The Bertz CT molecular complexity index is 579. The molecule has 0 spiro atoms. The first-order valence-electron chi connectivity index (χ1n) is 6.12. The van der Waals surface area contributed by atoms with Gasteiger partial charge in [0.2, 0.25) is 0 Å². The molecule has 2 nitrogen and oxygen atoms in total. The summed E-state index contributed by atoms with van der Waals surface area (Å²) in [5.41, 5.74) is 1.39. The van der Waals surface area contributed by atoms with E-state index in [1.165, 1.54) is 24.3 Å². The summed E-state index contributed by atoms with van der Waals surface area (Å²) in [7, 11) is 0. The second-order valence-corrected chi connectivity index (χ2v) is 4.90. The van der Waals surface area contributed by atoms with Gasteiger partial charge in [0.25, 0.3) is 0 Å². The number of aliphatic hydroxyl groups is 1. The van der Waals surface area contributed by atoms with Crippen molar-refractivity contribution < 1.29 is 23.0 Å². The fourth-order valence-corrected chi connectivity index (χ4v) is 1.98. The predicted octanol–water partition coefficient (Wildman–Crippen LogP) is 4.51. The first-order valence-corrected chi connectivity index (χ1v) is 6.49. The van der Waals surface area contributed by atoms with Crippen molar-refractivity contribution in [3.8, 4) is 5.75 Å². The summed E-state index contributed by atoms with van der Waals surface area (Å²) in [5.74, 6) is -0.285. The largest absolute Gasteiger partial charge is 0.573 e. The molecule has 6 heteroatoms. The molecule has 0 saturated heterocycles. The zero-order valence-corrected chi connectivity index (χ0v) is 11.5. The molecule has 1 atom stereocenters. The van der Waals surface area contributed by atoms with Crippen molar-refractivity contribution in [2.75, 3.05) is 0 Å². The number of halogens is 4. The summed E-state index contributed by atoms with van der Waals surface area (Å²) in [4.78, 5) is 0. The third kappa shape index (κ3) is 4.95. The van der Waals surface area contributed by atoms with E-state index in [2.05, 4.69) is 4.74 Å². The van der Waals surface area contributed by atoms with E-state index in [0.717, 1.165) is 0 Å². The van der Waals surface area contributed by atoms with Crippen LogP contribution in [0.4, 0.5) is 13.2 Å². The minimum atomic E-state index is -4.70. The van der Waals surface area contributed by atoms with E-state index in [1.54, 1.807) is 24.3 Å². The van der Waals surface area contributed by atoms with Crippen molar-refractivity contribution in [3.05, 3.63) is 64.7 Å². The lowest BCUT2D eigenvalue weighted by Gasteiger charge is -2.12. The number of benzene rings is 2. The summed E-state index contributed by atoms with van der Waals surface area (Å²) in [6, 6.07) is 12.2. The van der Waals surface area contributed by atoms with E-state index < -0.39 is 12.5 Å². The summed E-state index contributed by atoms with van der Waals surface area (Å²) >= 11 is 5.76. The Kier molecular flexibility index (Phi) is 4.75. The van der Waals surface area contributed by atoms with Crippen molar-refractivity contribution in [2.24, 2.45) is 0 Å². The van der Waals surface area contributed by atoms with Crippen LogP contribution in [0.25, 0.3) is 0 Å². The van der Waals surface area contributed by atoms with E-state index in [4.69, 9.17) is 11.6 Å². The Balaban J connectivity index is 2.01. The molecule has 112 valence electrons. The summed E-state index contributed by atoms with van der Waals surface area (Å²) in [5, 5.41) is 10.6. The van der Waals surface area contributed by atoms with Crippen LogP contribution in [0.3, 0.4) is 0 Å². The fourth-order valence-electron chi connectivity index (χ4n) is 1.85. The van der Waals surface area contributed by atoms with E-state index in [-0.39, 0.29) is 12.2 Å². The van der Waals surface area contributed by atoms with Gasteiger partial charge >= 0.3 is 6.36 Å². The van der Waals surface area contributed by atoms with E-state index in [0.29, 0.717) is 16.1 Å². The Morgan fingerprint density at radius 3 is 2.10 bits per heavy atom. The molecule has 2 aromatic carbocycles. The van der Waals surface area contributed by atoms with Crippen LogP contribution >= 0.6 is 11.6 Å². The maximum atomic E-state index is 12.0. The summed E-state index contributed by atoms with van der Waals surface area (Å²) in [6.45, 7) is 0. The lowest BCUT2D eigenvalue weighted by molar-refractivity contribution is -0.274. The second-order valence-electron chi connectivity index (χ2n) is 4.46. The van der Waals surface area contributed by atoms with Gasteiger partial charge in [0.15, 0.2) is 0 Å². The quantitative estimate of drug-likeness (QED) is 0.899. The van der Waals surface area contributed by atoms with Gasteiger partial charge in [-0.2, -0.15) is 0 Å². The maximum absolute atomic E-state index is 12.0. The van der Waals surface area contributed by atoms with Crippen LogP contribution in [0.2, 0.25) is 5.02 Å². The van der Waals surface area contributed by atoms with Crippen molar-refractivity contribution in [2.45, 2.75) is 18.9 Å². The van der Waals surface area contributed by atoms with Crippen LogP contribution in [0.1, 0.15) is 17.2 Å². The van der Waals surface area contributed by atoms with E-state index >= 15 is 0 Å². The normalized spacial score (nSPS) is 13.0. The monoisotopic (exact) mass is 316 g/mol. The molecule has 1 unspecified atom stereocenters. The van der Waals surface area contributed by atoms with Crippen molar-refractivity contribution in [1.29, 1.82) is 0 Å². The van der Waals surface area contributed by atoms with Crippen LogP contribution in [0.15, 0.2) is 48.5 Å². The zero-order chi connectivity index (χ0) is 15.5. The van der Waals surface area contributed by atoms with Crippen LogP contribution in [0, 0.1) is 0 Å². The van der Waals surface area contributed by atoms with Crippen molar-refractivity contribution in [1.82, 2.24) is 0 Å². The highest BCUT2D eigenvalue weighted by molar-refractivity contribution is 6.30. The van der Waals surface area contributed by atoms with Crippen molar-refractivity contribution >= 4 is 11.6 Å². The first kappa shape index (κ1) is 15.7. The molecule has 1 N–H and O–H groups in total. The van der Waals surface area contributed by atoms with Gasteiger partial charge in [-0.25, -0.2) is 0 Å². The van der Waals surface area contributed by atoms with Gasteiger partial charge in [0, 0.05) is 11.4 Å². The molecule has 0 bridgehead atoms. The number of aliphatic hydroxyl groups excluding tert-OH is 1. The van der Waals surface area contributed by atoms with E-state index in [1.807, 2.05) is 0 Å². The lowest BCUT2D eigenvalue weighted by Crippen LogP contribution is -2.17. The Morgan fingerprint density at radius 1 is 1.00 bits per heavy atom. The number of hydrogen-bond acceptors (Lipinski definition) is 2. The Hall–Kier alpha value is -1.72. The molecule has 0 saturated carbocycles. The molecule has 0 aliphatic heterocycles.